The van der Waals surface area contributed by atoms with E-state index in [-0.39, 0.29) is 23.6 Å². The third-order valence-electron chi connectivity index (χ3n) is 7.23. The number of nitrogens with one attached hydrogen (secondary N) is 1. The van der Waals surface area contributed by atoms with Crippen LogP contribution in [0.4, 0.5) is 5.82 Å². The fourth-order valence-corrected chi connectivity index (χ4v) is 5.19. The molecule has 192 valence electrons. The molecule has 0 radical (unpaired) electrons. The largest absolute Gasteiger partial charge is 0.469 e. The van der Waals surface area contributed by atoms with Crippen LogP contribution in [0, 0.1) is 17.8 Å². The number of anilines is 1. The summed E-state index contributed by atoms with van der Waals surface area (Å²) in [5.74, 6) is 0.760. The molecular formula is C23H34N6O6. The van der Waals surface area contributed by atoms with Gasteiger partial charge in [0.15, 0.2) is 23.8 Å². The smallest absolute Gasteiger partial charge is 0.308 e. The molecule has 12 heteroatoms. The molecule has 2 aliphatic rings. The van der Waals surface area contributed by atoms with Gasteiger partial charge in [0, 0.05) is 13.0 Å². The summed E-state index contributed by atoms with van der Waals surface area (Å²) in [6.07, 6.45) is 0.434. The molecule has 2 aromatic heterocycles. The van der Waals surface area contributed by atoms with Gasteiger partial charge in [-0.2, -0.15) is 0 Å². The molecular weight excluding hydrogens is 456 g/mol. The molecule has 3 heterocycles. The maximum Gasteiger partial charge on any atom is 0.308 e. The Morgan fingerprint density at radius 2 is 1.97 bits per heavy atom. The molecule has 4 rings (SSSR count). The van der Waals surface area contributed by atoms with Gasteiger partial charge in [-0.15, -0.1) is 0 Å². The second kappa shape index (κ2) is 10.4. The van der Waals surface area contributed by atoms with Gasteiger partial charge in [-0.1, -0.05) is 6.92 Å². The number of methoxy groups -OCH3 is 1. The third kappa shape index (κ3) is 4.95. The highest BCUT2D eigenvalue weighted by Gasteiger charge is 2.47. The number of aromatic nitrogens is 4. The quantitative estimate of drug-likeness (QED) is 0.396. The van der Waals surface area contributed by atoms with E-state index in [4.69, 9.17) is 15.2 Å². The molecule has 2 aromatic rings. The van der Waals surface area contributed by atoms with E-state index < -0.39 is 30.4 Å². The van der Waals surface area contributed by atoms with Crippen molar-refractivity contribution in [1.29, 1.82) is 0 Å². The third-order valence-corrected chi connectivity index (χ3v) is 7.23. The highest BCUT2D eigenvalue weighted by molar-refractivity contribution is 5.83. The monoisotopic (exact) mass is 490 g/mol. The molecule has 1 aliphatic carbocycles. The molecule has 0 bridgehead atoms. The maximum absolute atomic E-state index is 12.2. The summed E-state index contributed by atoms with van der Waals surface area (Å²) in [4.78, 5) is 37.4. The van der Waals surface area contributed by atoms with Crippen LogP contribution in [0.25, 0.3) is 11.2 Å². The predicted molar refractivity (Wildman–Crippen MR) is 125 cm³/mol. The molecule has 5 atom stereocenters. The SMILES string of the molecule is CCNC(=O)C1OC(n2cnc3c(N)nc(CC(C)C4CCC(C(=O)OC)CC4)nc32)C(O)C1O. The first-order valence-corrected chi connectivity index (χ1v) is 12.1. The summed E-state index contributed by atoms with van der Waals surface area (Å²) in [5, 5.41) is 23.6. The zero-order valence-electron chi connectivity index (χ0n) is 20.3. The van der Waals surface area contributed by atoms with Crippen molar-refractivity contribution in [3.63, 3.8) is 0 Å². The van der Waals surface area contributed by atoms with Gasteiger partial charge in [-0.05, 0) is 44.4 Å². The number of amides is 1. The van der Waals surface area contributed by atoms with E-state index in [2.05, 4.69) is 27.2 Å². The highest BCUT2D eigenvalue weighted by Crippen LogP contribution is 2.36. The van der Waals surface area contributed by atoms with Gasteiger partial charge in [-0.3, -0.25) is 14.2 Å². The fraction of sp³-hybridized carbons (Fsp3) is 0.696. The fourth-order valence-electron chi connectivity index (χ4n) is 5.19. The Kier molecular flexibility index (Phi) is 7.53. The van der Waals surface area contributed by atoms with Crippen molar-refractivity contribution in [1.82, 2.24) is 24.8 Å². The Labute approximate surface area is 203 Å². The molecule has 0 spiro atoms. The van der Waals surface area contributed by atoms with Crippen molar-refractivity contribution in [2.24, 2.45) is 17.8 Å². The zero-order valence-corrected chi connectivity index (χ0v) is 20.3. The van der Waals surface area contributed by atoms with Crippen molar-refractivity contribution in [2.45, 2.75) is 70.5 Å². The first kappa shape index (κ1) is 25.3. The molecule has 1 saturated carbocycles. The summed E-state index contributed by atoms with van der Waals surface area (Å²) in [7, 11) is 1.43. The number of aliphatic hydroxyl groups excluding tert-OH is 2. The number of imidazole rings is 1. The molecule has 0 aromatic carbocycles. The Hall–Kier alpha value is -2.83. The van der Waals surface area contributed by atoms with Crippen molar-refractivity contribution >= 4 is 28.9 Å². The van der Waals surface area contributed by atoms with Crippen molar-refractivity contribution < 1.29 is 29.3 Å². The number of hydrogen-bond donors (Lipinski definition) is 4. The molecule has 5 unspecified atom stereocenters. The van der Waals surface area contributed by atoms with Gasteiger partial charge in [0.1, 0.15) is 23.5 Å². The standard InChI is InChI=1S/C23H34N6O6/c1-4-25-21(32)18-16(30)17(31)22(35-18)29-10-26-15-19(24)27-14(28-20(15)29)9-11(2)12-5-7-13(8-6-12)23(33)34-3/h10-13,16-18,22,30-31H,4-9H2,1-3H3,(H,25,32)(H2,24,27,28). The minimum absolute atomic E-state index is 0.0301. The van der Waals surface area contributed by atoms with Gasteiger partial charge in [-0.25, -0.2) is 15.0 Å². The van der Waals surface area contributed by atoms with Gasteiger partial charge in [0.05, 0.1) is 19.4 Å². The van der Waals surface area contributed by atoms with Gasteiger partial charge < -0.3 is 30.7 Å². The number of ether oxygens (including phenoxy) is 2. The first-order valence-electron chi connectivity index (χ1n) is 12.1. The van der Waals surface area contributed by atoms with Gasteiger partial charge in [0.25, 0.3) is 5.91 Å². The van der Waals surface area contributed by atoms with Crippen molar-refractivity contribution in [2.75, 3.05) is 19.4 Å². The van der Waals surface area contributed by atoms with Crippen molar-refractivity contribution in [3.05, 3.63) is 12.2 Å². The number of nitrogens with zero attached hydrogens (tertiary/aromatic N) is 4. The average Bonchev–Trinajstić information content (AvgIpc) is 3.40. The van der Waals surface area contributed by atoms with Gasteiger partial charge in [0.2, 0.25) is 0 Å². The summed E-state index contributed by atoms with van der Waals surface area (Å²) in [5.41, 5.74) is 6.89. The number of hydrogen-bond acceptors (Lipinski definition) is 10. The molecule has 35 heavy (non-hydrogen) atoms. The van der Waals surface area contributed by atoms with E-state index in [1.54, 1.807) is 6.92 Å². The van der Waals surface area contributed by atoms with E-state index in [1.807, 2.05) is 0 Å². The molecule has 12 nitrogen and oxygen atoms in total. The number of nitrogens with two attached hydrogens (primary N) is 1. The number of carbonyl (C=O) groups excluding carboxylic acids is 2. The number of aliphatic hydroxyl groups is 2. The van der Waals surface area contributed by atoms with Crippen LogP contribution in [-0.2, 0) is 25.5 Å². The van der Waals surface area contributed by atoms with Crippen LogP contribution < -0.4 is 11.1 Å². The maximum atomic E-state index is 12.2. The summed E-state index contributed by atoms with van der Waals surface area (Å²) < 4.78 is 12.1. The van der Waals surface area contributed by atoms with Crippen LogP contribution in [-0.4, -0.2) is 73.6 Å². The van der Waals surface area contributed by atoms with Gasteiger partial charge >= 0.3 is 5.97 Å². The normalized spacial score (nSPS) is 29.7. The van der Waals surface area contributed by atoms with E-state index in [1.165, 1.54) is 18.0 Å². The number of rotatable bonds is 7. The predicted octanol–water partition coefficient (Wildman–Crippen LogP) is 0.322. The summed E-state index contributed by atoms with van der Waals surface area (Å²) >= 11 is 0. The van der Waals surface area contributed by atoms with Crippen molar-refractivity contribution in [3.8, 4) is 0 Å². The molecule has 5 N–H and O–H groups in total. The van der Waals surface area contributed by atoms with E-state index in [0.717, 1.165) is 25.7 Å². The van der Waals surface area contributed by atoms with Crippen LogP contribution in [0.3, 0.4) is 0 Å². The topological polar surface area (TPSA) is 175 Å². The van der Waals surface area contributed by atoms with E-state index in [0.29, 0.717) is 35.9 Å². The summed E-state index contributed by atoms with van der Waals surface area (Å²) in [6.45, 7) is 4.26. The van der Waals surface area contributed by atoms with E-state index >= 15 is 0 Å². The Morgan fingerprint density at radius 1 is 1.26 bits per heavy atom. The minimum atomic E-state index is -1.40. The number of fused-ring (bicyclic) bond motifs is 1. The lowest BCUT2D eigenvalue weighted by Crippen LogP contribution is -2.42. The molecule has 2 fully saturated rings. The Bertz CT molecular complexity index is 1070. The number of nitrogen functional groups attached to an aromatic ring is 1. The minimum Gasteiger partial charge on any atom is -0.469 e. The zero-order chi connectivity index (χ0) is 25.3. The summed E-state index contributed by atoms with van der Waals surface area (Å²) in [6, 6.07) is 0. The Morgan fingerprint density at radius 3 is 2.63 bits per heavy atom. The average molecular weight is 491 g/mol. The van der Waals surface area contributed by atoms with E-state index in [9.17, 15) is 19.8 Å². The second-order valence-corrected chi connectivity index (χ2v) is 9.49. The first-order chi connectivity index (χ1) is 16.7. The van der Waals surface area contributed by atoms with Crippen LogP contribution >= 0.6 is 0 Å². The van der Waals surface area contributed by atoms with Crippen LogP contribution in [0.15, 0.2) is 6.33 Å². The highest BCUT2D eigenvalue weighted by atomic mass is 16.6. The molecule has 1 aliphatic heterocycles. The Balaban J connectivity index is 1.51. The van der Waals surface area contributed by atoms with Crippen LogP contribution in [0.1, 0.15) is 51.6 Å². The lowest BCUT2D eigenvalue weighted by Gasteiger charge is -2.30. The lowest BCUT2D eigenvalue weighted by molar-refractivity contribution is -0.147. The van der Waals surface area contributed by atoms with Crippen LogP contribution in [0.2, 0.25) is 0 Å². The number of esters is 1. The number of carbonyl (C=O) groups is 2. The molecule has 1 amide bonds. The lowest BCUT2D eigenvalue weighted by atomic mass is 9.75. The number of likely N-dealkylation sites (N-methyl/N-ethyl adjacent to an activating group) is 1. The van der Waals surface area contributed by atoms with Crippen LogP contribution in [0.5, 0.6) is 0 Å². The second-order valence-electron chi connectivity index (χ2n) is 9.49. The molecule has 1 saturated heterocycles.